The lowest BCUT2D eigenvalue weighted by molar-refractivity contribution is 0.153. The van der Waals surface area contributed by atoms with Gasteiger partial charge in [-0.3, -0.25) is 4.90 Å². The van der Waals surface area contributed by atoms with E-state index in [1.807, 2.05) is 12.1 Å². The van der Waals surface area contributed by atoms with Gasteiger partial charge >= 0.3 is 0 Å². The molecule has 0 aliphatic carbocycles. The predicted octanol–water partition coefficient (Wildman–Crippen LogP) is 2.49. The molecule has 1 saturated heterocycles. The summed E-state index contributed by atoms with van der Waals surface area (Å²) in [6, 6.07) is 4.26. The third-order valence-corrected chi connectivity index (χ3v) is 4.40. The SMILES string of the molecule is CC1CN(C(c2ccco2)C(C)N)CC(C)S1. The van der Waals surface area contributed by atoms with Crippen LogP contribution in [0.25, 0.3) is 0 Å². The Bertz CT molecular complexity index is 329. The molecule has 96 valence electrons. The molecular formula is C13H22N2OS. The van der Waals surface area contributed by atoms with Gasteiger partial charge in [-0.1, -0.05) is 13.8 Å². The van der Waals surface area contributed by atoms with Crippen molar-refractivity contribution in [1.29, 1.82) is 0 Å². The molecular weight excluding hydrogens is 232 g/mol. The molecule has 0 spiro atoms. The summed E-state index contributed by atoms with van der Waals surface area (Å²) >= 11 is 2.06. The highest BCUT2D eigenvalue weighted by Gasteiger charge is 2.32. The third kappa shape index (κ3) is 3.06. The molecule has 1 aromatic heterocycles. The summed E-state index contributed by atoms with van der Waals surface area (Å²) in [5.74, 6) is 0.992. The standard InChI is InChI=1S/C13H22N2OS/c1-9-7-15(8-10(2)17-9)13(11(3)14)12-5-4-6-16-12/h4-6,9-11,13H,7-8,14H2,1-3H3. The maximum Gasteiger partial charge on any atom is 0.122 e. The van der Waals surface area contributed by atoms with Crippen molar-refractivity contribution < 1.29 is 4.42 Å². The fourth-order valence-electron chi connectivity index (χ4n) is 2.68. The van der Waals surface area contributed by atoms with Gasteiger partial charge in [-0.15, -0.1) is 0 Å². The van der Waals surface area contributed by atoms with Crippen LogP contribution in [0.4, 0.5) is 0 Å². The van der Waals surface area contributed by atoms with Gasteiger partial charge < -0.3 is 10.2 Å². The Morgan fingerprint density at radius 1 is 1.41 bits per heavy atom. The first-order chi connectivity index (χ1) is 8.08. The van der Waals surface area contributed by atoms with Crippen molar-refractivity contribution in [2.45, 2.75) is 43.4 Å². The topological polar surface area (TPSA) is 42.4 Å². The van der Waals surface area contributed by atoms with Gasteiger partial charge in [0.1, 0.15) is 5.76 Å². The van der Waals surface area contributed by atoms with E-state index in [0.29, 0.717) is 10.5 Å². The van der Waals surface area contributed by atoms with Gasteiger partial charge in [-0.05, 0) is 19.1 Å². The Labute approximate surface area is 108 Å². The highest BCUT2D eigenvalue weighted by atomic mass is 32.2. The van der Waals surface area contributed by atoms with Crippen molar-refractivity contribution in [3.05, 3.63) is 24.2 Å². The summed E-state index contributed by atoms with van der Waals surface area (Å²) in [5.41, 5.74) is 6.14. The van der Waals surface area contributed by atoms with Crippen molar-refractivity contribution in [3.63, 3.8) is 0 Å². The number of furan rings is 1. The van der Waals surface area contributed by atoms with E-state index in [-0.39, 0.29) is 12.1 Å². The molecule has 2 heterocycles. The van der Waals surface area contributed by atoms with Crippen molar-refractivity contribution in [3.8, 4) is 0 Å². The molecule has 17 heavy (non-hydrogen) atoms. The van der Waals surface area contributed by atoms with Crippen molar-refractivity contribution in [2.75, 3.05) is 13.1 Å². The smallest absolute Gasteiger partial charge is 0.122 e. The van der Waals surface area contributed by atoms with Crippen LogP contribution in [-0.2, 0) is 0 Å². The molecule has 0 bridgehead atoms. The first-order valence-electron chi connectivity index (χ1n) is 6.26. The van der Waals surface area contributed by atoms with Crippen LogP contribution in [0.2, 0.25) is 0 Å². The normalized spacial score (nSPS) is 30.1. The maximum absolute atomic E-state index is 6.14. The summed E-state index contributed by atoms with van der Waals surface area (Å²) in [4.78, 5) is 2.47. The van der Waals surface area contributed by atoms with Crippen LogP contribution >= 0.6 is 11.8 Å². The number of hydrogen-bond donors (Lipinski definition) is 1. The first-order valence-corrected chi connectivity index (χ1v) is 7.20. The lowest BCUT2D eigenvalue weighted by Gasteiger charge is -2.40. The molecule has 0 aromatic carbocycles. The largest absolute Gasteiger partial charge is 0.468 e. The molecule has 0 amide bonds. The zero-order valence-electron chi connectivity index (χ0n) is 10.8. The number of rotatable bonds is 3. The molecule has 1 aliphatic rings. The fourth-order valence-corrected chi connectivity index (χ4v) is 4.02. The lowest BCUT2D eigenvalue weighted by atomic mass is 10.1. The summed E-state index contributed by atoms with van der Waals surface area (Å²) in [7, 11) is 0. The van der Waals surface area contributed by atoms with Gasteiger partial charge in [0, 0.05) is 29.6 Å². The van der Waals surface area contributed by atoms with Gasteiger partial charge in [0.15, 0.2) is 0 Å². The molecule has 3 nitrogen and oxygen atoms in total. The second-order valence-electron chi connectivity index (χ2n) is 5.03. The van der Waals surface area contributed by atoms with E-state index in [1.165, 1.54) is 0 Å². The van der Waals surface area contributed by atoms with Gasteiger partial charge in [0.2, 0.25) is 0 Å². The average Bonchev–Trinajstić information content (AvgIpc) is 2.68. The van der Waals surface area contributed by atoms with E-state index in [9.17, 15) is 0 Å². The van der Waals surface area contributed by atoms with Crippen molar-refractivity contribution in [2.24, 2.45) is 5.73 Å². The molecule has 4 unspecified atom stereocenters. The molecule has 1 aliphatic heterocycles. The molecule has 0 saturated carbocycles. The fraction of sp³-hybridized carbons (Fsp3) is 0.692. The van der Waals surface area contributed by atoms with Crippen molar-refractivity contribution in [1.82, 2.24) is 4.90 Å². The minimum Gasteiger partial charge on any atom is -0.468 e. The Balaban J connectivity index is 2.16. The Hall–Kier alpha value is -0.450. The number of nitrogens with two attached hydrogens (primary N) is 1. The summed E-state index contributed by atoms with van der Waals surface area (Å²) in [6.07, 6.45) is 1.73. The van der Waals surface area contributed by atoms with E-state index in [2.05, 4.69) is 37.4 Å². The molecule has 4 heteroatoms. The Morgan fingerprint density at radius 3 is 2.53 bits per heavy atom. The predicted molar refractivity (Wildman–Crippen MR) is 73.2 cm³/mol. The second-order valence-corrected chi connectivity index (χ2v) is 6.91. The van der Waals surface area contributed by atoms with E-state index in [4.69, 9.17) is 10.2 Å². The van der Waals surface area contributed by atoms with Crippen LogP contribution in [0.5, 0.6) is 0 Å². The van der Waals surface area contributed by atoms with Crippen LogP contribution in [0.3, 0.4) is 0 Å². The van der Waals surface area contributed by atoms with E-state index in [0.717, 1.165) is 18.8 Å². The summed E-state index contributed by atoms with van der Waals surface area (Å²) in [5, 5.41) is 1.32. The molecule has 2 N–H and O–H groups in total. The van der Waals surface area contributed by atoms with Crippen LogP contribution in [0.15, 0.2) is 22.8 Å². The van der Waals surface area contributed by atoms with Crippen molar-refractivity contribution >= 4 is 11.8 Å². The molecule has 1 aromatic rings. The molecule has 0 radical (unpaired) electrons. The third-order valence-electron chi connectivity index (χ3n) is 3.17. The Morgan fingerprint density at radius 2 is 2.06 bits per heavy atom. The zero-order valence-corrected chi connectivity index (χ0v) is 11.6. The van der Waals surface area contributed by atoms with Crippen LogP contribution in [0.1, 0.15) is 32.6 Å². The molecule has 2 rings (SSSR count). The monoisotopic (exact) mass is 254 g/mol. The minimum atomic E-state index is 0.0867. The van der Waals surface area contributed by atoms with Gasteiger partial charge in [-0.25, -0.2) is 0 Å². The van der Waals surface area contributed by atoms with Crippen LogP contribution < -0.4 is 5.73 Å². The number of nitrogens with zero attached hydrogens (tertiary/aromatic N) is 1. The van der Waals surface area contributed by atoms with Gasteiger partial charge in [-0.2, -0.15) is 11.8 Å². The maximum atomic E-state index is 6.14. The highest BCUT2D eigenvalue weighted by molar-refractivity contribution is 8.00. The number of hydrogen-bond acceptors (Lipinski definition) is 4. The summed E-state index contributed by atoms with van der Waals surface area (Å²) < 4.78 is 5.55. The van der Waals surface area contributed by atoms with E-state index in [1.54, 1.807) is 6.26 Å². The van der Waals surface area contributed by atoms with Crippen LogP contribution in [-0.4, -0.2) is 34.5 Å². The minimum absolute atomic E-state index is 0.0867. The number of thioether (sulfide) groups is 1. The zero-order chi connectivity index (χ0) is 12.4. The van der Waals surface area contributed by atoms with Gasteiger partial charge in [0.25, 0.3) is 0 Å². The quantitative estimate of drug-likeness (QED) is 0.900. The molecule has 1 fully saturated rings. The lowest BCUT2D eigenvalue weighted by Crippen LogP contribution is -2.47. The Kier molecular flexibility index (Phi) is 4.17. The highest BCUT2D eigenvalue weighted by Crippen LogP contribution is 2.32. The van der Waals surface area contributed by atoms with E-state index >= 15 is 0 Å². The summed E-state index contributed by atoms with van der Waals surface area (Å²) in [6.45, 7) is 8.80. The average molecular weight is 254 g/mol. The second kappa shape index (κ2) is 5.46. The van der Waals surface area contributed by atoms with Crippen LogP contribution in [0, 0.1) is 0 Å². The first kappa shape index (κ1) is 13.0. The van der Waals surface area contributed by atoms with Gasteiger partial charge in [0.05, 0.1) is 12.3 Å². The molecule has 4 atom stereocenters. The van der Waals surface area contributed by atoms with E-state index < -0.39 is 0 Å².